The van der Waals surface area contributed by atoms with Crippen LogP contribution in [0.25, 0.3) is 33.2 Å². The largest absolute Gasteiger partial charge is 0.492 e. The summed E-state index contributed by atoms with van der Waals surface area (Å²) in [5.41, 5.74) is 3.56. The van der Waals surface area contributed by atoms with Crippen molar-refractivity contribution in [2.24, 2.45) is 0 Å². The minimum atomic E-state index is -4.36. The van der Waals surface area contributed by atoms with Gasteiger partial charge in [-0.15, -0.1) is 0 Å². The van der Waals surface area contributed by atoms with Gasteiger partial charge in [-0.05, 0) is 66.8 Å². The van der Waals surface area contributed by atoms with Gasteiger partial charge in [0.05, 0.1) is 17.7 Å². The summed E-state index contributed by atoms with van der Waals surface area (Å²) in [6.07, 6.45) is 2.01. The molecule has 1 unspecified atom stereocenters. The molecule has 4 aromatic rings. The minimum absolute atomic E-state index is 0.458. The van der Waals surface area contributed by atoms with Crippen LogP contribution in [0, 0.1) is 0 Å². The molecule has 1 aliphatic heterocycles. The van der Waals surface area contributed by atoms with Crippen LogP contribution in [0.4, 0.5) is 13.2 Å². The highest BCUT2D eigenvalue weighted by molar-refractivity contribution is 5.94. The van der Waals surface area contributed by atoms with Gasteiger partial charge in [0.25, 0.3) is 0 Å². The second-order valence-electron chi connectivity index (χ2n) is 8.96. The topological polar surface area (TPSA) is 34.1 Å². The summed E-state index contributed by atoms with van der Waals surface area (Å²) >= 11 is 0. The predicted octanol–water partition coefficient (Wildman–Crippen LogP) is 7.50. The van der Waals surface area contributed by atoms with Crippen molar-refractivity contribution >= 4 is 10.9 Å². The van der Waals surface area contributed by atoms with Gasteiger partial charge in [0.2, 0.25) is 0 Å². The molecule has 3 nitrogen and oxygen atoms in total. The third-order valence-electron chi connectivity index (χ3n) is 6.57. The number of nitrogens with one attached hydrogen (secondary N) is 1. The number of rotatable bonds is 6. The number of halogens is 3. The van der Waals surface area contributed by atoms with E-state index in [2.05, 4.69) is 10.3 Å². The molecule has 0 bridgehead atoms. The SMILES string of the molecule is FC(F)(F)c1ccc(-c2ccc3ncc(-c4ccccc4)c(OCCC4CCCCN4)c3c2)cc1. The molecule has 1 saturated heterocycles. The zero-order valence-electron chi connectivity index (χ0n) is 19.3. The summed E-state index contributed by atoms with van der Waals surface area (Å²) in [5, 5.41) is 4.41. The Hall–Kier alpha value is -3.38. The molecule has 1 N–H and O–H groups in total. The van der Waals surface area contributed by atoms with Crippen molar-refractivity contribution in [3.8, 4) is 28.0 Å². The van der Waals surface area contributed by atoms with Crippen molar-refractivity contribution < 1.29 is 17.9 Å². The summed E-state index contributed by atoms with van der Waals surface area (Å²) in [7, 11) is 0. The van der Waals surface area contributed by atoms with Crippen molar-refractivity contribution in [1.29, 1.82) is 0 Å². The molecule has 0 saturated carbocycles. The average Bonchev–Trinajstić information content (AvgIpc) is 2.89. The number of pyridine rings is 1. The van der Waals surface area contributed by atoms with E-state index in [1.54, 1.807) is 0 Å². The van der Waals surface area contributed by atoms with Crippen LogP contribution >= 0.6 is 0 Å². The van der Waals surface area contributed by atoms with Gasteiger partial charge < -0.3 is 10.1 Å². The molecule has 1 aromatic heterocycles. The Morgan fingerprint density at radius 3 is 2.37 bits per heavy atom. The summed E-state index contributed by atoms with van der Waals surface area (Å²) in [4.78, 5) is 4.66. The smallest absolute Gasteiger partial charge is 0.416 e. The number of benzene rings is 3. The third-order valence-corrected chi connectivity index (χ3v) is 6.57. The summed E-state index contributed by atoms with van der Waals surface area (Å²) in [6, 6.07) is 21.4. The summed E-state index contributed by atoms with van der Waals surface area (Å²) in [5.74, 6) is 0.755. The van der Waals surface area contributed by atoms with Gasteiger partial charge >= 0.3 is 6.18 Å². The lowest BCUT2D eigenvalue weighted by molar-refractivity contribution is -0.137. The van der Waals surface area contributed by atoms with Crippen LogP contribution in [-0.4, -0.2) is 24.2 Å². The van der Waals surface area contributed by atoms with Gasteiger partial charge in [0.1, 0.15) is 5.75 Å². The lowest BCUT2D eigenvalue weighted by Gasteiger charge is -2.24. The van der Waals surface area contributed by atoms with E-state index in [9.17, 15) is 13.2 Å². The first-order valence-corrected chi connectivity index (χ1v) is 12.0. The van der Waals surface area contributed by atoms with Crippen LogP contribution < -0.4 is 10.1 Å². The lowest BCUT2D eigenvalue weighted by Crippen LogP contribution is -2.35. The molecule has 1 fully saturated rings. The number of fused-ring (bicyclic) bond motifs is 1. The van der Waals surface area contributed by atoms with Gasteiger partial charge in [0, 0.05) is 23.2 Å². The third kappa shape index (κ3) is 5.33. The molecule has 6 heteroatoms. The molecular weight excluding hydrogens is 449 g/mol. The van der Waals surface area contributed by atoms with E-state index in [1.165, 1.54) is 25.0 Å². The average molecular weight is 477 g/mol. The van der Waals surface area contributed by atoms with Crippen molar-refractivity contribution in [3.05, 3.63) is 84.6 Å². The predicted molar refractivity (Wildman–Crippen MR) is 133 cm³/mol. The standard InChI is InChI=1S/C29H27F3N2O/c30-29(31,32)23-12-9-20(10-13-23)22-11-14-27-25(18-22)28(35-17-15-24-8-4-5-16-33-24)26(19-34-27)21-6-2-1-3-7-21/h1-3,6-7,9-14,18-19,24,33H,4-5,8,15-17H2. The van der Waals surface area contributed by atoms with E-state index >= 15 is 0 Å². The maximum Gasteiger partial charge on any atom is 0.416 e. The molecule has 35 heavy (non-hydrogen) atoms. The minimum Gasteiger partial charge on any atom is -0.492 e. The van der Waals surface area contributed by atoms with E-state index in [1.807, 2.05) is 54.7 Å². The maximum absolute atomic E-state index is 13.0. The number of hydrogen-bond acceptors (Lipinski definition) is 3. The number of ether oxygens (including phenoxy) is 1. The lowest BCUT2D eigenvalue weighted by atomic mass is 9.99. The highest BCUT2D eigenvalue weighted by Gasteiger charge is 2.30. The van der Waals surface area contributed by atoms with Gasteiger partial charge in [-0.2, -0.15) is 13.2 Å². The first-order valence-electron chi connectivity index (χ1n) is 12.0. The molecule has 5 rings (SSSR count). The first kappa shape index (κ1) is 23.4. The van der Waals surface area contributed by atoms with Crippen LogP contribution in [0.1, 0.15) is 31.2 Å². The fourth-order valence-electron chi connectivity index (χ4n) is 4.65. The van der Waals surface area contributed by atoms with Crippen molar-refractivity contribution in [3.63, 3.8) is 0 Å². The van der Waals surface area contributed by atoms with E-state index in [0.717, 1.165) is 64.9 Å². The van der Waals surface area contributed by atoms with Crippen molar-refractivity contribution in [1.82, 2.24) is 10.3 Å². The molecule has 0 amide bonds. The Balaban J connectivity index is 1.52. The van der Waals surface area contributed by atoms with Crippen LogP contribution in [0.15, 0.2) is 79.0 Å². The zero-order chi connectivity index (χ0) is 24.3. The molecule has 0 spiro atoms. The molecule has 1 aliphatic rings. The normalized spacial score (nSPS) is 16.4. The van der Waals surface area contributed by atoms with Gasteiger partial charge in [-0.25, -0.2) is 0 Å². The number of piperidine rings is 1. The summed E-state index contributed by atoms with van der Waals surface area (Å²) < 4.78 is 45.5. The number of aromatic nitrogens is 1. The first-order chi connectivity index (χ1) is 17.0. The monoisotopic (exact) mass is 476 g/mol. The van der Waals surface area contributed by atoms with Gasteiger partial charge in [0.15, 0.2) is 0 Å². The van der Waals surface area contributed by atoms with Crippen LogP contribution in [-0.2, 0) is 6.18 Å². The molecule has 2 heterocycles. The van der Waals surface area contributed by atoms with Crippen LogP contribution in [0.5, 0.6) is 5.75 Å². The highest BCUT2D eigenvalue weighted by atomic mass is 19.4. The maximum atomic E-state index is 13.0. The van der Waals surface area contributed by atoms with Crippen molar-refractivity contribution in [2.75, 3.05) is 13.2 Å². The van der Waals surface area contributed by atoms with Crippen LogP contribution in [0.3, 0.4) is 0 Å². The molecule has 3 aromatic carbocycles. The second kappa shape index (κ2) is 10.1. The Bertz CT molecular complexity index is 1280. The van der Waals surface area contributed by atoms with Crippen LogP contribution in [0.2, 0.25) is 0 Å². The van der Waals surface area contributed by atoms with E-state index in [4.69, 9.17) is 4.74 Å². The molecular formula is C29H27F3N2O. The Labute approximate surface area is 203 Å². The van der Waals surface area contributed by atoms with E-state index in [0.29, 0.717) is 18.2 Å². The Kier molecular flexibility index (Phi) is 6.73. The number of alkyl halides is 3. The van der Waals surface area contributed by atoms with Gasteiger partial charge in [-0.1, -0.05) is 55.0 Å². The zero-order valence-corrected chi connectivity index (χ0v) is 19.3. The Morgan fingerprint density at radius 2 is 1.66 bits per heavy atom. The molecule has 0 radical (unpaired) electrons. The Morgan fingerprint density at radius 1 is 0.886 bits per heavy atom. The number of nitrogens with zero attached hydrogens (tertiary/aromatic N) is 1. The quantitative estimate of drug-likeness (QED) is 0.313. The highest BCUT2D eigenvalue weighted by Crippen LogP contribution is 2.38. The second-order valence-corrected chi connectivity index (χ2v) is 8.96. The molecule has 1 atom stereocenters. The molecule has 0 aliphatic carbocycles. The fraction of sp³-hybridized carbons (Fsp3) is 0.276. The van der Waals surface area contributed by atoms with Gasteiger partial charge in [-0.3, -0.25) is 4.98 Å². The van der Waals surface area contributed by atoms with E-state index in [-0.39, 0.29) is 0 Å². The van der Waals surface area contributed by atoms with Crippen molar-refractivity contribution in [2.45, 2.75) is 37.9 Å². The molecule has 180 valence electrons. The summed E-state index contributed by atoms with van der Waals surface area (Å²) in [6.45, 7) is 1.62. The fourth-order valence-corrected chi connectivity index (χ4v) is 4.65. The van der Waals surface area contributed by atoms with E-state index < -0.39 is 11.7 Å². The number of hydrogen-bond donors (Lipinski definition) is 1.